The highest BCUT2D eigenvalue weighted by atomic mass is 16.5. The SMILES string of the molecule is CCCCOCCn1c(C)nc2ccccc21. The van der Waals surface area contributed by atoms with Crippen molar-refractivity contribution in [3.63, 3.8) is 0 Å². The van der Waals surface area contributed by atoms with Crippen LogP contribution in [0.2, 0.25) is 0 Å². The van der Waals surface area contributed by atoms with Crippen molar-refractivity contribution in [1.29, 1.82) is 0 Å². The standard InChI is InChI=1S/C14H20N2O/c1-3-4-10-17-11-9-16-12(2)15-13-7-5-6-8-14(13)16/h5-8H,3-4,9-11H2,1-2H3. The Morgan fingerprint density at radius 3 is 2.88 bits per heavy atom. The van der Waals surface area contributed by atoms with Gasteiger partial charge in [-0.25, -0.2) is 4.98 Å². The van der Waals surface area contributed by atoms with E-state index in [0.717, 1.165) is 37.5 Å². The first kappa shape index (κ1) is 12.1. The summed E-state index contributed by atoms with van der Waals surface area (Å²) < 4.78 is 7.83. The maximum Gasteiger partial charge on any atom is 0.106 e. The summed E-state index contributed by atoms with van der Waals surface area (Å²) in [5, 5.41) is 0. The first-order valence-corrected chi connectivity index (χ1v) is 6.32. The molecule has 17 heavy (non-hydrogen) atoms. The Labute approximate surface area is 102 Å². The lowest BCUT2D eigenvalue weighted by Gasteiger charge is -2.07. The average molecular weight is 232 g/mol. The van der Waals surface area contributed by atoms with Gasteiger partial charge in [-0.15, -0.1) is 0 Å². The van der Waals surface area contributed by atoms with Crippen LogP contribution in [0, 0.1) is 6.92 Å². The lowest BCUT2D eigenvalue weighted by Crippen LogP contribution is -2.08. The highest BCUT2D eigenvalue weighted by Gasteiger charge is 2.05. The van der Waals surface area contributed by atoms with Gasteiger partial charge in [0.15, 0.2) is 0 Å². The zero-order valence-electron chi connectivity index (χ0n) is 10.6. The first-order chi connectivity index (χ1) is 8.33. The molecule has 2 rings (SSSR count). The molecule has 0 saturated heterocycles. The van der Waals surface area contributed by atoms with Crippen molar-refractivity contribution in [2.24, 2.45) is 0 Å². The van der Waals surface area contributed by atoms with Crippen LogP contribution >= 0.6 is 0 Å². The number of hydrogen-bond donors (Lipinski definition) is 0. The Kier molecular flexibility index (Phi) is 4.15. The highest BCUT2D eigenvalue weighted by molar-refractivity contribution is 5.75. The fraction of sp³-hybridized carbons (Fsp3) is 0.500. The molecule has 0 amide bonds. The number of aryl methyl sites for hydroxylation is 1. The molecule has 3 heteroatoms. The van der Waals surface area contributed by atoms with E-state index in [1.54, 1.807) is 0 Å². The molecule has 0 aliphatic rings. The molecule has 0 saturated carbocycles. The summed E-state index contributed by atoms with van der Waals surface area (Å²) in [6.45, 7) is 6.74. The third kappa shape index (κ3) is 2.86. The van der Waals surface area contributed by atoms with Gasteiger partial charge >= 0.3 is 0 Å². The molecular formula is C14H20N2O. The number of unbranched alkanes of at least 4 members (excludes halogenated alkanes) is 1. The maximum atomic E-state index is 5.60. The molecule has 1 aromatic heterocycles. The number of imidazole rings is 1. The molecule has 0 radical (unpaired) electrons. The predicted molar refractivity (Wildman–Crippen MR) is 70.2 cm³/mol. The summed E-state index contributed by atoms with van der Waals surface area (Å²) in [5.41, 5.74) is 2.27. The van der Waals surface area contributed by atoms with Crippen LogP contribution in [0.5, 0.6) is 0 Å². The van der Waals surface area contributed by atoms with E-state index in [9.17, 15) is 0 Å². The number of para-hydroxylation sites is 2. The van der Waals surface area contributed by atoms with E-state index in [1.807, 2.05) is 13.0 Å². The largest absolute Gasteiger partial charge is 0.380 e. The quantitative estimate of drug-likeness (QED) is 0.715. The number of ether oxygens (including phenoxy) is 1. The van der Waals surface area contributed by atoms with Crippen molar-refractivity contribution in [2.75, 3.05) is 13.2 Å². The smallest absolute Gasteiger partial charge is 0.106 e. The molecule has 0 spiro atoms. The summed E-state index contributed by atoms with van der Waals surface area (Å²) >= 11 is 0. The fourth-order valence-electron chi connectivity index (χ4n) is 1.98. The van der Waals surface area contributed by atoms with Crippen molar-refractivity contribution >= 4 is 11.0 Å². The van der Waals surface area contributed by atoms with Crippen LogP contribution in [-0.4, -0.2) is 22.8 Å². The number of rotatable bonds is 6. The Morgan fingerprint density at radius 1 is 1.24 bits per heavy atom. The molecule has 0 N–H and O–H groups in total. The van der Waals surface area contributed by atoms with Crippen molar-refractivity contribution in [1.82, 2.24) is 9.55 Å². The zero-order valence-corrected chi connectivity index (χ0v) is 10.6. The third-order valence-electron chi connectivity index (χ3n) is 2.95. The zero-order chi connectivity index (χ0) is 12.1. The van der Waals surface area contributed by atoms with Crippen LogP contribution < -0.4 is 0 Å². The van der Waals surface area contributed by atoms with Gasteiger partial charge in [-0.2, -0.15) is 0 Å². The molecule has 0 bridgehead atoms. The normalized spacial score (nSPS) is 11.2. The van der Waals surface area contributed by atoms with Gasteiger partial charge < -0.3 is 9.30 Å². The molecule has 0 aliphatic carbocycles. The first-order valence-electron chi connectivity index (χ1n) is 6.32. The van der Waals surface area contributed by atoms with Gasteiger partial charge in [-0.05, 0) is 25.5 Å². The molecule has 0 unspecified atom stereocenters. The molecule has 1 aromatic carbocycles. The average Bonchev–Trinajstić information content (AvgIpc) is 2.65. The van der Waals surface area contributed by atoms with Crippen LogP contribution in [0.4, 0.5) is 0 Å². The summed E-state index contributed by atoms with van der Waals surface area (Å²) in [6.07, 6.45) is 2.33. The molecule has 3 nitrogen and oxygen atoms in total. The van der Waals surface area contributed by atoms with Gasteiger partial charge in [0.1, 0.15) is 5.82 Å². The van der Waals surface area contributed by atoms with Gasteiger partial charge in [0.2, 0.25) is 0 Å². The molecule has 2 aromatic rings. The van der Waals surface area contributed by atoms with Crippen LogP contribution in [0.1, 0.15) is 25.6 Å². The lowest BCUT2D eigenvalue weighted by molar-refractivity contribution is 0.124. The van der Waals surface area contributed by atoms with Gasteiger partial charge in [-0.1, -0.05) is 25.5 Å². The van der Waals surface area contributed by atoms with Crippen molar-refractivity contribution in [2.45, 2.75) is 33.2 Å². The Bertz CT molecular complexity index is 476. The van der Waals surface area contributed by atoms with E-state index in [2.05, 4.69) is 34.7 Å². The number of benzene rings is 1. The third-order valence-corrected chi connectivity index (χ3v) is 2.95. The van der Waals surface area contributed by atoms with Crippen LogP contribution in [0.3, 0.4) is 0 Å². The highest BCUT2D eigenvalue weighted by Crippen LogP contribution is 2.14. The van der Waals surface area contributed by atoms with Gasteiger partial charge in [-0.3, -0.25) is 0 Å². The van der Waals surface area contributed by atoms with Gasteiger partial charge in [0.25, 0.3) is 0 Å². The monoisotopic (exact) mass is 232 g/mol. The Balaban J connectivity index is 2.00. The summed E-state index contributed by atoms with van der Waals surface area (Å²) in [4.78, 5) is 4.54. The Morgan fingerprint density at radius 2 is 2.06 bits per heavy atom. The summed E-state index contributed by atoms with van der Waals surface area (Å²) in [6, 6.07) is 8.24. The van der Waals surface area contributed by atoms with Crippen LogP contribution in [0.15, 0.2) is 24.3 Å². The van der Waals surface area contributed by atoms with E-state index in [0.29, 0.717) is 0 Å². The van der Waals surface area contributed by atoms with Crippen molar-refractivity contribution in [3.05, 3.63) is 30.1 Å². The number of nitrogens with zero attached hydrogens (tertiary/aromatic N) is 2. The molecule has 1 heterocycles. The van der Waals surface area contributed by atoms with Gasteiger partial charge in [0.05, 0.1) is 17.6 Å². The summed E-state index contributed by atoms with van der Waals surface area (Å²) in [5.74, 6) is 1.06. The molecule has 0 fully saturated rings. The maximum absolute atomic E-state index is 5.60. The molecule has 0 aliphatic heterocycles. The van der Waals surface area contributed by atoms with Crippen molar-refractivity contribution < 1.29 is 4.74 Å². The molecule has 92 valence electrons. The van der Waals surface area contributed by atoms with E-state index in [4.69, 9.17) is 4.74 Å². The lowest BCUT2D eigenvalue weighted by atomic mass is 10.3. The predicted octanol–water partition coefficient (Wildman–Crippen LogP) is 3.16. The number of aromatic nitrogens is 2. The van der Waals surface area contributed by atoms with E-state index in [-0.39, 0.29) is 0 Å². The minimum absolute atomic E-state index is 0.765. The number of fused-ring (bicyclic) bond motifs is 1. The van der Waals surface area contributed by atoms with Crippen molar-refractivity contribution in [3.8, 4) is 0 Å². The topological polar surface area (TPSA) is 27.1 Å². The minimum Gasteiger partial charge on any atom is -0.380 e. The molecule has 0 atom stereocenters. The molecular weight excluding hydrogens is 212 g/mol. The summed E-state index contributed by atoms with van der Waals surface area (Å²) in [7, 11) is 0. The number of hydrogen-bond acceptors (Lipinski definition) is 2. The Hall–Kier alpha value is -1.35. The van der Waals surface area contributed by atoms with Crippen LogP contribution in [-0.2, 0) is 11.3 Å². The second kappa shape index (κ2) is 5.82. The second-order valence-electron chi connectivity index (χ2n) is 4.27. The minimum atomic E-state index is 0.765. The van der Waals surface area contributed by atoms with E-state index < -0.39 is 0 Å². The van der Waals surface area contributed by atoms with Gasteiger partial charge in [0, 0.05) is 13.2 Å². The van der Waals surface area contributed by atoms with E-state index in [1.165, 1.54) is 11.9 Å². The second-order valence-corrected chi connectivity index (χ2v) is 4.27. The van der Waals surface area contributed by atoms with Crippen LogP contribution in [0.25, 0.3) is 11.0 Å². The fourth-order valence-corrected chi connectivity index (χ4v) is 1.98. The van der Waals surface area contributed by atoms with E-state index >= 15 is 0 Å².